The summed E-state index contributed by atoms with van der Waals surface area (Å²) in [5.74, 6) is 1.48. The Morgan fingerprint density at radius 3 is 2.24 bits per heavy atom. The molecule has 1 aliphatic rings. The van der Waals surface area contributed by atoms with Gasteiger partial charge in [0.05, 0.1) is 19.9 Å². The molecule has 0 fully saturated rings. The van der Waals surface area contributed by atoms with Crippen LogP contribution in [0.1, 0.15) is 25.0 Å². The lowest BCUT2D eigenvalue weighted by Gasteiger charge is -2.32. The van der Waals surface area contributed by atoms with Crippen LogP contribution in [0.2, 0.25) is 0 Å². The third-order valence-corrected chi connectivity index (χ3v) is 7.08. The average molecular weight is 439 g/mol. The highest BCUT2D eigenvalue weighted by atomic mass is 32.3. The number of anilines is 1. The van der Waals surface area contributed by atoms with Gasteiger partial charge in [0.15, 0.2) is 0 Å². The number of benzene rings is 2. The van der Waals surface area contributed by atoms with Crippen molar-refractivity contribution in [3.8, 4) is 11.5 Å². The molecule has 0 saturated carbocycles. The van der Waals surface area contributed by atoms with Gasteiger partial charge in [0, 0.05) is 24.7 Å². The molecule has 1 aliphatic heterocycles. The van der Waals surface area contributed by atoms with Crippen molar-refractivity contribution >= 4 is 28.2 Å². The summed E-state index contributed by atoms with van der Waals surface area (Å²) in [6.45, 7) is 6.35. The van der Waals surface area contributed by atoms with E-state index in [1.807, 2.05) is 12.1 Å². The largest absolute Gasteiger partial charge is 0.457 e. The molecule has 3 rings (SSSR count). The number of nitrogens with zero attached hydrogens (tertiary/aromatic N) is 2. The number of rotatable bonds is 8. The molecular weight excluding hydrogens is 412 g/mol. The summed E-state index contributed by atoms with van der Waals surface area (Å²) in [6.07, 6.45) is 0.940. The normalized spacial score (nSPS) is 16.3. The lowest BCUT2D eigenvalue weighted by Crippen LogP contribution is -2.35. The number of fused-ring (bicyclic) bond motifs is 1. The van der Waals surface area contributed by atoms with E-state index >= 15 is 0 Å². The molecule has 0 amide bonds. The minimum atomic E-state index is -1.94. The topological polar surface area (TPSA) is 68.3 Å². The van der Waals surface area contributed by atoms with Gasteiger partial charge in [-0.25, -0.2) is 8.42 Å². The molecule has 0 saturated heterocycles. The van der Waals surface area contributed by atoms with Gasteiger partial charge in [-0.3, -0.25) is 13.3 Å². The molecule has 29 heavy (non-hydrogen) atoms. The van der Waals surface area contributed by atoms with E-state index in [-0.39, 0.29) is 0 Å². The summed E-state index contributed by atoms with van der Waals surface area (Å²) in [5, 5.41) is 0. The van der Waals surface area contributed by atoms with Gasteiger partial charge in [0.1, 0.15) is 11.5 Å². The van der Waals surface area contributed by atoms with Gasteiger partial charge >= 0.3 is 0 Å². The molecule has 1 heterocycles. The Balaban J connectivity index is 1.80. The predicted molar refractivity (Wildman–Crippen MR) is 115 cm³/mol. The van der Waals surface area contributed by atoms with Crippen LogP contribution in [0.15, 0.2) is 42.5 Å². The molecule has 2 unspecified atom stereocenters. The van der Waals surface area contributed by atoms with Crippen LogP contribution >= 0.6 is 0 Å². The second-order valence-electron chi connectivity index (χ2n) is 6.83. The van der Waals surface area contributed by atoms with E-state index in [0.717, 1.165) is 29.0 Å². The number of hydrogen-bond donors (Lipinski definition) is 0. The van der Waals surface area contributed by atoms with Gasteiger partial charge in [-0.2, -0.15) is 3.71 Å². The lowest BCUT2D eigenvalue weighted by atomic mass is 9.98. The van der Waals surface area contributed by atoms with Gasteiger partial charge in [-0.15, -0.1) is 0 Å². The van der Waals surface area contributed by atoms with Crippen LogP contribution in [0.3, 0.4) is 0 Å². The first-order valence-electron chi connectivity index (χ1n) is 9.30. The smallest absolute Gasteiger partial charge is 0.278 e. The summed E-state index contributed by atoms with van der Waals surface area (Å²) in [4.78, 5) is 2.45. The minimum absolute atomic E-state index is 0.431. The Bertz CT molecular complexity index is 873. The standard InChI is InChI=1S/C20H26N2O5S2/c1-15(2)21-13-12-19-16(14-21)6-5-7-20(19)27-18-10-8-17(9-11-18)22(28(23)25-3)29(24)26-4/h5-11,15H,12-14H2,1-4H3. The highest BCUT2D eigenvalue weighted by Crippen LogP contribution is 2.33. The Morgan fingerprint density at radius 1 is 1.00 bits per heavy atom. The Morgan fingerprint density at radius 2 is 1.66 bits per heavy atom. The molecule has 9 heteroatoms. The fourth-order valence-electron chi connectivity index (χ4n) is 3.25. The van der Waals surface area contributed by atoms with Crippen molar-refractivity contribution in [1.29, 1.82) is 0 Å². The van der Waals surface area contributed by atoms with Crippen LogP contribution in [0.5, 0.6) is 11.5 Å². The van der Waals surface area contributed by atoms with E-state index < -0.39 is 22.5 Å². The Hall–Kier alpha value is -1.78. The molecule has 2 aromatic carbocycles. The van der Waals surface area contributed by atoms with Crippen LogP contribution in [0, 0.1) is 0 Å². The molecule has 7 nitrogen and oxygen atoms in total. The zero-order valence-electron chi connectivity index (χ0n) is 17.0. The van der Waals surface area contributed by atoms with Crippen LogP contribution in [0.25, 0.3) is 0 Å². The molecule has 0 radical (unpaired) electrons. The van der Waals surface area contributed by atoms with Crippen LogP contribution in [-0.2, 0) is 43.9 Å². The van der Waals surface area contributed by atoms with Crippen LogP contribution in [0.4, 0.5) is 5.69 Å². The van der Waals surface area contributed by atoms with Crippen molar-refractivity contribution in [2.75, 3.05) is 24.5 Å². The quantitative estimate of drug-likeness (QED) is 0.628. The van der Waals surface area contributed by atoms with Crippen molar-refractivity contribution in [2.45, 2.75) is 32.9 Å². The summed E-state index contributed by atoms with van der Waals surface area (Å²) in [6, 6.07) is 13.5. The number of hydrogen-bond acceptors (Lipinski definition) is 6. The summed E-state index contributed by atoms with van der Waals surface area (Å²) in [7, 11) is 2.54. The maximum Gasteiger partial charge on any atom is 0.278 e. The van der Waals surface area contributed by atoms with Gasteiger partial charge in [-0.1, -0.05) is 12.1 Å². The monoisotopic (exact) mass is 438 g/mol. The molecule has 158 valence electrons. The first-order valence-corrected chi connectivity index (χ1v) is 11.4. The molecule has 2 atom stereocenters. The van der Waals surface area contributed by atoms with E-state index in [4.69, 9.17) is 13.1 Å². The summed E-state index contributed by atoms with van der Waals surface area (Å²) < 4.78 is 40.8. The van der Waals surface area contributed by atoms with Gasteiger partial charge < -0.3 is 4.74 Å². The van der Waals surface area contributed by atoms with E-state index in [0.29, 0.717) is 17.5 Å². The SMILES string of the molecule is COS(=O)N(c1ccc(Oc2cccc3c2CCN(C(C)C)C3)cc1)S(=O)OC. The maximum absolute atomic E-state index is 12.0. The summed E-state index contributed by atoms with van der Waals surface area (Å²) in [5.41, 5.74) is 2.95. The molecule has 0 N–H and O–H groups in total. The van der Waals surface area contributed by atoms with E-state index in [9.17, 15) is 8.42 Å². The van der Waals surface area contributed by atoms with Gasteiger partial charge in [0.25, 0.3) is 22.5 Å². The van der Waals surface area contributed by atoms with Gasteiger partial charge in [-0.05, 0) is 56.2 Å². The Kier molecular flexibility index (Phi) is 7.42. The van der Waals surface area contributed by atoms with Crippen LogP contribution in [-0.4, -0.2) is 40.1 Å². The fourth-order valence-corrected chi connectivity index (χ4v) is 4.87. The van der Waals surface area contributed by atoms with E-state index in [1.165, 1.54) is 25.3 Å². The highest BCUT2D eigenvalue weighted by Gasteiger charge is 2.23. The third-order valence-electron chi connectivity index (χ3n) is 4.81. The van der Waals surface area contributed by atoms with E-state index in [1.54, 1.807) is 24.3 Å². The molecule has 0 aromatic heterocycles. The predicted octanol–water partition coefficient (Wildman–Crippen LogP) is 3.50. The van der Waals surface area contributed by atoms with Crippen LogP contribution < -0.4 is 8.45 Å². The lowest BCUT2D eigenvalue weighted by molar-refractivity contribution is 0.202. The maximum atomic E-state index is 12.0. The van der Waals surface area contributed by atoms with Crippen molar-refractivity contribution in [3.63, 3.8) is 0 Å². The highest BCUT2D eigenvalue weighted by molar-refractivity contribution is 7.99. The molecular formula is C20H26N2O5S2. The molecule has 0 spiro atoms. The average Bonchev–Trinajstić information content (AvgIpc) is 2.74. The van der Waals surface area contributed by atoms with Crippen molar-refractivity contribution in [2.24, 2.45) is 0 Å². The fraction of sp³-hybridized carbons (Fsp3) is 0.400. The second-order valence-corrected chi connectivity index (χ2v) is 9.33. The van der Waals surface area contributed by atoms with Crippen molar-refractivity contribution < 1.29 is 21.5 Å². The second kappa shape index (κ2) is 9.82. The molecule has 0 bridgehead atoms. The van der Waals surface area contributed by atoms with Crippen molar-refractivity contribution in [3.05, 3.63) is 53.6 Å². The van der Waals surface area contributed by atoms with Crippen molar-refractivity contribution in [1.82, 2.24) is 4.90 Å². The van der Waals surface area contributed by atoms with Gasteiger partial charge in [0.2, 0.25) is 0 Å². The third kappa shape index (κ3) is 5.04. The molecule has 2 aromatic rings. The first kappa shape index (κ1) is 21.9. The minimum Gasteiger partial charge on any atom is -0.457 e. The Labute approximate surface area is 177 Å². The zero-order chi connectivity index (χ0) is 21.0. The number of ether oxygens (including phenoxy) is 1. The first-order chi connectivity index (χ1) is 13.9. The summed E-state index contributed by atoms with van der Waals surface area (Å²) >= 11 is -3.87. The zero-order valence-corrected chi connectivity index (χ0v) is 18.6. The molecule has 0 aliphatic carbocycles. The van der Waals surface area contributed by atoms with E-state index in [2.05, 4.69) is 24.8 Å².